The number of carboxylic acids is 1. The zero-order valence-corrected chi connectivity index (χ0v) is 13.1. The Morgan fingerprint density at radius 3 is 2.67 bits per heavy atom. The Kier molecular flexibility index (Phi) is 3.81. The van der Waals surface area contributed by atoms with Crippen molar-refractivity contribution in [1.82, 2.24) is 4.98 Å². The van der Waals surface area contributed by atoms with Crippen molar-refractivity contribution in [2.45, 2.75) is 39.0 Å². The third kappa shape index (κ3) is 2.86. The lowest BCUT2D eigenvalue weighted by Gasteiger charge is -2.16. The maximum absolute atomic E-state index is 11.1. The van der Waals surface area contributed by atoms with Gasteiger partial charge in [-0.3, -0.25) is 4.79 Å². The molecule has 1 unspecified atom stereocenters. The van der Waals surface area contributed by atoms with Crippen molar-refractivity contribution < 1.29 is 9.90 Å². The number of hydrogen-bond acceptors (Lipinski definition) is 3. The number of hydrogen-bond donors (Lipinski definition) is 1. The number of thiazole rings is 1. The van der Waals surface area contributed by atoms with Crippen LogP contribution in [0.1, 0.15) is 42.3 Å². The van der Waals surface area contributed by atoms with Gasteiger partial charge >= 0.3 is 5.97 Å². The minimum absolute atomic E-state index is 0.242. The summed E-state index contributed by atoms with van der Waals surface area (Å²) in [4.78, 5) is 17.0. The zero-order chi connectivity index (χ0) is 15.0. The summed E-state index contributed by atoms with van der Waals surface area (Å²) in [7, 11) is 0. The van der Waals surface area contributed by atoms with Crippen LogP contribution in [0.15, 0.2) is 24.3 Å². The predicted molar refractivity (Wildman–Crippen MR) is 84.8 cm³/mol. The summed E-state index contributed by atoms with van der Waals surface area (Å²) >= 11 is 1.65. The molecule has 0 amide bonds. The smallest absolute Gasteiger partial charge is 0.306 e. The first-order valence-electron chi connectivity index (χ1n) is 7.36. The Morgan fingerprint density at radius 2 is 2.05 bits per heavy atom. The average Bonchev–Trinajstić information content (AvgIpc) is 2.90. The van der Waals surface area contributed by atoms with E-state index in [1.54, 1.807) is 11.3 Å². The summed E-state index contributed by atoms with van der Waals surface area (Å²) in [5.41, 5.74) is 3.55. The van der Waals surface area contributed by atoms with Gasteiger partial charge in [0.05, 0.1) is 11.6 Å². The summed E-state index contributed by atoms with van der Waals surface area (Å²) in [5.74, 6) is -0.397. The molecule has 0 bridgehead atoms. The Labute approximate surface area is 128 Å². The minimum Gasteiger partial charge on any atom is -0.481 e. The number of rotatable bonds is 3. The van der Waals surface area contributed by atoms with E-state index in [2.05, 4.69) is 38.1 Å². The van der Waals surface area contributed by atoms with Crippen molar-refractivity contribution >= 4 is 17.3 Å². The molecule has 4 heteroatoms. The molecule has 1 aliphatic carbocycles. The third-order valence-corrected chi connectivity index (χ3v) is 5.28. The summed E-state index contributed by atoms with van der Waals surface area (Å²) in [5, 5.41) is 10.2. The molecule has 2 aromatic rings. The highest BCUT2D eigenvalue weighted by molar-refractivity contribution is 7.15. The number of aliphatic carboxylic acids is 1. The molecule has 1 heterocycles. The van der Waals surface area contributed by atoms with Crippen LogP contribution in [0, 0.1) is 5.92 Å². The lowest BCUT2D eigenvalue weighted by Crippen LogP contribution is -2.21. The fourth-order valence-electron chi connectivity index (χ4n) is 2.72. The normalized spacial score (nSPS) is 17.8. The van der Waals surface area contributed by atoms with Crippen LogP contribution in [-0.4, -0.2) is 16.1 Å². The predicted octanol–water partition coefficient (Wildman–Crippen LogP) is 4.12. The van der Waals surface area contributed by atoms with E-state index in [4.69, 9.17) is 10.1 Å². The summed E-state index contributed by atoms with van der Waals surface area (Å²) < 4.78 is 0. The molecular weight excluding hydrogens is 282 g/mol. The van der Waals surface area contributed by atoms with E-state index < -0.39 is 5.97 Å². The van der Waals surface area contributed by atoms with Crippen LogP contribution >= 0.6 is 11.3 Å². The molecule has 0 aliphatic heterocycles. The fraction of sp³-hybridized carbons (Fsp3) is 0.412. The van der Waals surface area contributed by atoms with E-state index in [0.717, 1.165) is 27.6 Å². The van der Waals surface area contributed by atoms with Gasteiger partial charge in [-0.05, 0) is 30.7 Å². The molecule has 0 spiro atoms. The molecule has 0 fully saturated rings. The van der Waals surface area contributed by atoms with Gasteiger partial charge in [0.1, 0.15) is 5.01 Å². The highest BCUT2D eigenvalue weighted by Crippen LogP contribution is 2.35. The van der Waals surface area contributed by atoms with Gasteiger partial charge < -0.3 is 5.11 Å². The number of aromatic nitrogens is 1. The molecule has 21 heavy (non-hydrogen) atoms. The van der Waals surface area contributed by atoms with Crippen molar-refractivity contribution in [2.75, 3.05) is 0 Å². The average molecular weight is 301 g/mol. The second-order valence-corrected chi connectivity index (χ2v) is 7.03. The fourth-order valence-corrected chi connectivity index (χ4v) is 3.91. The maximum Gasteiger partial charge on any atom is 0.306 e. The number of aryl methyl sites for hydroxylation is 1. The lowest BCUT2D eigenvalue weighted by atomic mass is 9.91. The van der Waals surface area contributed by atoms with Crippen LogP contribution < -0.4 is 0 Å². The number of carboxylic acid groups (broad SMARTS) is 1. The Morgan fingerprint density at radius 1 is 1.33 bits per heavy atom. The van der Waals surface area contributed by atoms with E-state index in [1.165, 1.54) is 5.56 Å². The highest BCUT2D eigenvalue weighted by Gasteiger charge is 2.27. The van der Waals surface area contributed by atoms with Gasteiger partial charge in [-0.1, -0.05) is 38.1 Å². The van der Waals surface area contributed by atoms with E-state index >= 15 is 0 Å². The molecule has 0 saturated carbocycles. The second-order valence-electron chi connectivity index (χ2n) is 5.94. The minimum atomic E-state index is -0.683. The van der Waals surface area contributed by atoms with Gasteiger partial charge in [0.15, 0.2) is 0 Å². The van der Waals surface area contributed by atoms with Crippen LogP contribution in [0.25, 0.3) is 10.6 Å². The largest absolute Gasteiger partial charge is 0.481 e. The van der Waals surface area contributed by atoms with E-state index in [9.17, 15) is 4.79 Å². The zero-order valence-electron chi connectivity index (χ0n) is 12.3. The van der Waals surface area contributed by atoms with Gasteiger partial charge in [-0.25, -0.2) is 4.98 Å². The van der Waals surface area contributed by atoms with Gasteiger partial charge in [0.2, 0.25) is 0 Å². The highest BCUT2D eigenvalue weighted by atomic mass is 32.1. The standard InChI is InChI=1S/C17H19NO2S/c1-10(2)11-3-5-12(6-4-11)16-18-14-8-7-13(17(19)20)9-15(14)21-16/h3-6,10,13H,7-9H2,1-2H3,(H,19,20). The van der Waals surface area contributed by atoms with Gasteiger partial charge in [0, 0.05) is 10.4 Å². The van der Waals surface area contributed by atoms with Crippen molar-refractivity contribution in [1.29, 1.82) is 0 Å². The van der Waals surface area contributed by atoms with E-state index in [0.29, 0.717) is 18.8 Å². The van der Waals surface area contributed by atoms with Crippen molar-refractivity contribution in [3.8, 4) is 10.6 Å². The molecule has 1 N–H and O–H groups in total. The molecule has 1 aromatic carbocycles. The Hall–Kier alpha value is -1.68. The molecule has 110 valence electrons. The molecule has 1 atom stereocenters. The topological polar surface area (TPSA) is 50.2 Å². The van der Waals surface area contributed by atoms with Crippen LogP contribution in [0.5, 0.6) is 0 Å². The van der Waals surface area contributed by atoms with Crippen molar-refractivity contribution in [3.63, 3.8) is 0 Å². The van der Waals surface area contributed by atoms with Gasteiger partial charge in [0.25, 0.3) is 0 Å². The number of nitrogens with zero attached hydrogens (tertiary/aromatic N) is 1. The summed E-state index contributed by atoms with van der Waals surface area (Å²) in [6.45, 7) is 4.37. The second kappa shape index (κ2) is 5.60. The van der Waals surface area contributed by atoms with Crippen molar-refractivity contribution in [2.24, 2.45) is 5.92 Å². The number of fused-ring (bicyclic) bond motifs is 1. The van der Waals surface area contributed by atoms with E-state index in [1.807, 2.05) is 0 Å². The molecule has 1 aliphatic rings. The number of carbonyl (C=O) groups is 1. The lowest BCUT2D eigenvalue weighted by molar-refractivity contribution is -0.142. The first-order valence-corrected chi connectivity index (χ1v) is 8.18. The quantitative estimate of drug-likeness (QED) is 0.927. The van der Waals surface area contributed by atoms with E-state index in [-0.39, 0.29) is 5.92 Å². The first-order chi connectivity index (χ1) is 10.0. The molecule has 1 aromatic heterocycles. The SMILES string of the molecule is CC(C)c1ccc(-c2nc3c(s2)CC(C(=O)O)CC3)cc1. The molecule has 3 nitrogen and oxygen atoms in total. The Bertz CT molecular complexity index is 658. The summed E-state index contributed by atoms with van der Waals surface area (Å²) in [6.07, 6.45) is 2.12. The van der Waals surface area contributed by atoms with Crippen LogP contribution in [0.4, 0.5) is 0 Å². The molecule has 3 rings (SSSR count). The van der Waals surface area contributed by atoms with Crippen LogP contribution in [0.2, 0.25) is 0 Å². The van der Waals surface area contributed by atoms with Crippen LogP contribution in [0.3, 0.4) is 0 Å². The van der Waals surface area contributed by atoms with Crippen molar-refractivity contribution in [3.05, 3.63) is 40.4 Å². The van der Waals surface area contributed by atoms with Crippen LogP contribution in [-0.2, 0) is 17.6 Å². The maximum atomic E-state index is 11.1. The molecule has 0 radical (unpaired) electrons. The monoisotopic (exact) mass is 301 g/mol. The molecule has 0 saturated heterocycles. The first kappa shape index (κ1) is 14.3. The Balaban J connectivity index is 1.86. The summed E-state index contributed by atoms with van der Waals surface area (Å²) in [6, 6.07) is 8.55. The third-order valence-electron chi connectivity index (χ3n) is 4.11. The molecular formula is C17H19NO2S. The number of benzene rings is 1. The van der Waals surface area contributed by atoms with Gasteiger partial charge in [-0.2, -0.15) is 0 Å². The van der Waals surface area contributed by atoms with Gasteiger partial charge in [-0.15, -0.1) is 11.3 Å².